The van der Waals surface area contributed by atoms with E-state index in [1.54, 1.807) is 24.3 Å². The van der Waals surface area contributed by atoms with Crippen molar-refractivity contribution in [3.05, 3.63) is 41.3 Å². The minimum absolute atomic E-state index is 0.0171. The van der Waals surface area contributed by atoms with Gasteiger partial charge in [0.1, 0.15) is 6.04 Å². The Kier molecular flexibility index (Phi) is 6.21. The van der Waals surface area contributed by atoms with Crippen molar-refractivity contribution in [2.24, 2.45) is 0 Å². The van der Waals surface area contributed by atoms with E-state index >= 15 is 0 Å². The molecule has 8 heteroatoms. The van der Waals surface area contributed by atoms with Crippen LogP contribution in [-0.2, 0) is 14.8 Å². The van der Waals surface area contributed by atoms with E-state index in [4.69, 9.17) is 5.11 Å². The number of carbonyl (C=O) groups is 1. The fourth-order valence-corrected chi connectivity index (χ4v) is 2.72. The van der Waals surface area contributed by atoms with E-state index < -0.39 is 22.0 Å². The number of thiol groups is 1. The molecule has 110 valence electrons. The van der Waals surface area contributed by atoms with Crippen LogP contribution in [0.5, 0.6) is 0 Å². The zero-order chi connectivity index (χ0) is 15.2. The summed E-state index contributed by atoms with van der Waals surface area (Å²) in [4.78, 5) is 13.0. The molecule has 0 bridgehead atoms. The number of hydrogen-bond donors (Lipinski definition) is 3. The van der Waals surface area contributed by atoms with Crippen LogP contribution in [0.1, 0.15) is 5.56 Å². The van der Waals surface area contributed by atoms with Crippen molar-refractivity contribution in [2.75, 3.05) is 12.8 Å². The Balaban J connectivity index is 2.75. The summed E-state index contributed by atoms with van der Waals surface area (Å²) in [6.07, 6.45) is 1.42. The third kappa shape index (κ3) is 5.33. The summed E-state index contributed by atoms with van der Waals surface area (Å²) in [5.74, 6) is -1.17. The van der Waals surface area contributed by atoms with Crippen molar-refractivity contribution in [3.63, 3.8) is 0 Å². The van der Waals surface area contributed by atoms with Gasteiger partial charge in [0.2, 0.25) is 10.0 Å². The molecule has 0 aliphatic heterocycles. The molecule has 1 aromatic carbocycles. The van der Waals surface area contributed by atoms with Crippen LogP contribution in [0.15, 0.2) is 35.7 Å². The summed E-state index contributed by atoms with van der Waals surface area (Å²) in [5, 5.41) is 10.9. The van der Waals surface area contributed by atoms with Gasteiger partial charge in [0.15, 0.2) is 0 Å². The highest BCUT2D eigenvalue weighted by Crippen LogP contribution is 2.04. The maximum absolute atomic E-state index is 11.8. The SMILES string of the molecule is CN(NS(=O)(=O)C=Cc1ccccc1)[C@@H](CS)C(=O)O. The number of sulfonamides is 1. The topological polar surface area (TPSA) is 86.7 Å². The zero-order valence-corrected chi connectivity index (χ0v) is 12.5. The van der Waals surface area contributed by atoms with Crippen molar-refractivity contribution in [1.82, 2.24) is 9.84 Å². The number of carboxylic acid groups (broad SMARTS) is 1. The average Bonchev–Trinajstić information content (AvgIpc) is 2.37. The maximum atomic E-state index is 11.8. The van der Waals surface area contributed by atoms with E-state index in [1.165, 1.54) is 13.1 Å². The molecule has 0 fully saturated rings. The molecule has 1 atom stereocenters. The van der Waals surface area contributed by atoms with Crippen LogP contribution in [0.25, 0.3) is 6.08 Å². The first-order valence-corrected chi connectivity index (χ1v) is 7.85. The van der Waals surface area contributed by atoms with Crippen LogP contribution in [-0.4, -0.2) is 43.3 Å². The first-order valence-electron chi connectivity index (χ1n) is 5.68. The molecule has 0 amide bonds. The fourth-order valence-electron chi connectivity index (χ4n) is 1.39. The van der Waals surface area contributed by atoms with Crippen LogP contribution in [0.2, 0.25) is 0 Å². The van der Waals surface area contributed by atoms with Crippen molar-refractivity contribution in [2.45, 2.75) is 6.04 Å². The minimum atomic E-state index is -3.77. The summed E-state index contributed by atoms with van der Waals surface area (Å²) >= 11 is 3.88. The van der Waals surface area contributed by atoms with E-state index in [0.29, 0.717) is 0 Å². The van der Waals surface area contributed by atoms with Crippen LogP contribution in [0, 0.1) is 0 Å². The molecule has 0 aliphatic carbocycles. The van der Waals surface area contributed by atoms with Crippen molar-refractivity contribution >= 4 is 34.7 Å². The zero-order valence-electron chi connectivity index (χ0n) is 10.8. The van der Waals surface area contributed by atoms with Gasteiger partial charge in [-0.05, 0) is 11.6 Å². The summed E-state index contributed by atoms with van der Waals surface area (Å²) in [7, 11) is -2.43. The van der Waals surface area contributed by atoms with Crippen LogP contribution in [0.3, 0.4) is 0 Å². The lowest BCUT2D eigenvalue weighted by Crippen LogP contribution is -2.49. The highest BCUT2D eigenvalue weighted by molar-refractivity contribution is 7.92. The first kappa shape index (κ1) is 16.7. The Labute approximate surface area is 123 Å². The average molecular weight is 316 g/mol. The van der Waals surface area contributed by atoms with E-state index in [9.17, 15) is 13.2 Å². The number of nitrogens with one attached hydrogen (secondary N) is 1. The molecule has 0 aromatic heterocycles. The molecule has 2 N–H and O–H groups in total. The lowest BCUT2D eigenvalue weighted by molar-refractivity contribution is -0.142. The van der Waals surface area contributed by atoms with Gasteiger partial charge in [-0.15, -0.1) is 4.83 Å². The molecule has 20 heavy (non-hydrogen) atoms. The maximum Gasteiger partial charge on any atom is 0.323 e. The molecule has 0 aliphatic rings. The second-order valence-electron chi connectivity index (χ2n) is 4.00. The smallest absolute Gasteiger partial charge is 0.323 e. The number of benzene rings is 1. The Bertz CT molecular complexity index is 572. The highest BCUT2D eigenvalue weighted by Gasteiger charge is 2.23. The molecule has 0 unspecified atom stereocenters. The standard InChI is InChI=1S/C12H16N2O4S2/c1-14(11(9-19)12(15)16)13-20(17,18)8-7-10-5-3-2-4-6-10/h2-8,11,13,19H,9H2,1H3,(H,15,16)/t11-/m0/s1. The Morgan fingerprint density at radius 3 is 2.55 bits per heavy atom. The first-order chi connectivity index (χ1) is 9.35. The van der Waals surface area contributed by atoms with E-state index in [2.05, 4.69) is 17.5 Å². The summed E-state index contributed by atoms with van der Waals surface area (Å²) in [6.45, 7) is 0. The fraction of sp³-hybridized carbons (Fsp3) is 0.250. The molecule has 0 saturated heterocycles. The molecule has 0 heterocycles. The number of carboxylic acids is 1. The van der Waals surface area contributed by atoms with Gasteiger partial charge in [0.25, 0.3) is 0 Å². The molecule has 1 rings (SSSR count). The minimum Gasteiger partial charge on any atom is -0.480 e. The van der Waals surface area contributed by atoms with E-state index in [1.807, 2.05) is 6.07 Å². The number of nitrogens with zero attached hydrogens (tertiary/aromatic N) is 1. The Hall–Kier alpha value is -1.35. The van der Waals surface area contributed by atoms with Crippen molar-refractivity contribution in [1.29, 1.82) is 0 Å². The quantitative estimate of drug-likeness (QED) is 0.512. The second kappa shape index (κ2) is 7.44. The predicted molar refractivity (Wildman–Crippen MR) is 80.6 cm³/mol. The van der Waals surface area contributed by atoms with Gasteiger partial charge in [0, 0.05) is 18.2 Å². The van der Waals surface area contributed by atoms with Crippen LogP contribution >= 0.6 is 12.6 Å². The number of hydrazine groups is 1. The molecular weight excluding hydrogens is 300 g/mol. The van der Waals surface area contributed by atoms with Crippen LogP contribution < -0.4 is 4.83 Å². The molecule has 1 aromatic rings. The lowest BCUT2D eigenvalue weighted by atomic mass is 10.2. The third-order valence-electron chi connectivity index (χ3n) is 2.44. The van der Waals surface area contributed by atoms with Crippen molar-refractivity contribution < 1.29 is 18.3 Å². The number of aliphatic carboxylic acids is 1. The van der Waals surface area contributed by atoms with Gasteiger partial charge in [-0.25, -0.2) is 13.4 Å². The number of likely N-dealkylation sites (N-methyl/N-ethyl adjacent to an activating group) is 1. The van der Waals surface area contributed by atoms with Crippen molar-refractivity contribution in [3.8, 4) is 0 Å². The molecule has 0 radical (unpaired) electrons. The van der Waals surface area contributed by atoms with Gasteiger partial charge in [-0.3, -0.25) is 4.79 Å². The summed E-state index contributed by atoms with van der Waals surface area (Å²) in [5.41, 5.74) is 0.726. The normalized spacial score (nSPS) is 13.8. The molecule has 6 nitrogen and oxygen atoms in total. The lowest BCUT2D eigenvalue weighted by Gasteiger charge is -2.22. The van der Waals surface area contributed by atoms with Gasteiger partial charge in [0.05, 0.1) is 0 Å². The van der Waals surface area contributed by atoms with Gasteiger partial charge in [-0.1, -0.05) is 30.3 Å². The summed E-state index contributed by atoms with van der Waals surface area (Å²) in [6, 6.07) is 7.85. The monoisotopic (exact) mass is 316 g/mol. The van der Waals surface area contributed by atoms with Gasteiger partial charge >= 0.3 is 5.97 Å². The number of hydrogen-bond acceptors (Lipinski definition) is 5. The Morgan fingerprint density at radius 1 is 1.45 bits per heavy atom. The summed E-state index contributed by atoms with van der Waals surface area (Å²) < 4.78 is 23.6. The second-order valence-corrected chi connectivity index (χ2v) is 5.91. The molecular formula is C12H16N2O4S2. The van der Waals surface area contributed by atoms with Crippen LogP contribution in [0.4, 0.5) is 0 Å². The largest absolute Gasteiger partial charge is 0.480 e. The number of rotatable bonds is 7. The Morgan fingerprint density at radius 2 is 2.05 bits per heavy atom. The van der Waals surface area contributed by atoms with E-state index in [-0.39, 0.29) is 5.75 Å². The predicted octanol–water partition coefficient (Wildman–Crippen LogP) is 0.806. The molecule has 0 spiro atoms. The molecule has 0 saturated carbocycles. The highest BCUT2D eigenvalue weighted by atomic mass is 32.2. The third-order valence-corrected chi connectivity index (χ3v) is 3.82. The van der Waals surface area contributed by atoms with Gasteiger partial charge in [-0.2, -0.15) is 12.6 Å². The van der Waals surface area contributed by atoms with E-state index in [0.717, 1.165) is 16.0 Å². The van der Waals surface area contributed by atoms with Gasteiger partial charge < -0.3 is 5.11 Å².